The summed E-state index contributed by atoms with van der Waals surface area (Å²) < 4.78 is 36.2. The van der Waals surface area contributed by atoms with Crippen molar-refractivity contribution in [3.05, 3.63) is 129 Å². The first kappa shape index (κ1) is 49.2. The van der Waals surface area contributed by atoms with Crippen molar-refractivity contribution in [2.75, 3.05) is 32.8 Å². The van der Waals surface area contributed by atoms with Gasteiger partial charge in [0.05, 0.1) is 36.4 Å². The van der Waals surface area contributed by atoms with E-state index in [2.05, 4.69) is 68.4 Å². The number of hydrogen-bond donors (Lipinski definition) is 0. The minimum absolute atomic E-state index is 0.0198. The van der Waals surface area contributed by atoms with Crippen LogP contribution in [0, 0.1) is 25.2 Å². The second kappa shape index (κ2) is 21.2. The minimum atomic E-state index is -1.39. The molecular formula is C50H59ClN4O8S. The first-order valence-corrected chi connectivity index (χ1v) is 23.6. The van der Waals surface area contributed by atoms with Gasteiger partial charge in [0.25, 0.3) is 0 Å². The Morgan fingerprint density at radius 1 is 0.844 bits per heavy atom. The molecule has 12 nitrogen and oxygen atoms in total. The van der Waals surface area contributed by atoms with Crippen LogP contribution in [0.3, 0.4) is 0 Å². The average molecular weight is 912 g/mol. The Bertz CT molecular complexity index is 2490. The van der Waals surface area contributed by atoms with Crippen molar-refractivity contribution >= 4 is 34.3 Å². The summed E-state index contributed by atoms with van der Waals surface area (Å²) in [7, 11) is 0.158. The van der Waals surface area contributed by atoms with E-state index in [1.807, 2.05) is 58.0 Å². The summed E-state index contributed by atoms with van der Waals surface area (Å²) >= 11 is 6.57. The van der Waals surface area contributed by atoms with Crippen molar-refractivity contribution in [1.82, 2.24) is 14.9 Å². The highest BCUT2D eigenvalue weighted by molar-refractivity contribution is 8.29. The van der Waals surface area contributed by atoms with Gasteiger partial charge in [-0.05, 0) is 98.7 Å². The van der Waals surface area contributed by atoms with Crippen LogP contribution in [-0.2, 0) is 35.3 Å². The van der Waals surface area contributed by atoms with Gasteiger partial charge >= 0.3 is 6.09 Å². The predicted octanol–water partition coefficient (Wildman–Crippen LogP) is 11.4. The largest absolute Gasteiger partial charge is 0.488 e. The van der Waals surface area contributed by atoms with Gasteiger partial charge in [0, 0.05) is 46.9 Å². The van der Waals surface area contributed by atoms with Gasteiger partial charge < -0.3 is 32.8 Å². The van der Waals surface area contributed by atoms with Gasteiger partial charge in [0.1, 0.15) is 43.0 Å². The van der Waals surface area contributed by atoms with Crippen molar-refractivity contribution in [2.45, 2.75) is 92.1 Å². The molecule has 1 amide bonds. The topological polar surface area (TPSA) is 142 Å². The van der Waals surface area contributed by atoms with E-state index in [0.717, 1.165) is 33.4 Å². The monoisotopic (exact) mass is 910 g/mol. The fraction of sp³-hybridized carbons (Fsp3) is 0.380. The average Bonchev–Trinajstić information content (AvgIpc) is 3.24. The summed E-state index contributed by atoms with van der Waals surface area (Å²) in [6.45, 7) is 17.6. The molecule has 2 aromatic heterocycles. The van der Waals surface area contributed by atoms with Gasteiger partial charge in [-0.2, -0.15) is 10.2 Å². The molecule has 0 atom stereocenters. The van der Waals surface area contributed by atoms with E-state index >= 15 is 0 Å². The van der Waals surface area contributed by atoms with Gasteiger partial charge in [-0.15, -0.1) is 10.3 Å². The van der Waals surface area contributed by atoms with Crippen molar-refractivity contribution < 1.29 is 37.5 Å². The molecule has 0 saturated heterocycles. The molecule has 3 aromatic carbocycles. The highest BCUT2D eigenvalue weighted by Crippen LogP contribution is 2.53. The fourth-order valence-corrected chi connectivity index (χ4v) is 7.44. The van der Waals surface area contributed by atoms with Gasteiger partial charge in [-0.1, -0.05) is 68.8 Å². The molecular weight excluding hydrogens is 852 g/mol. The normalized spacial score (nSPS) is 11.9. The minimum Gasteiger partial charge on any atom is -0.488 e. The summed E-state index contributed by atoms with van der Waals surface area (Å²) in [6, 6.07) is 22.7. The number of rotatable bonds is 18. The Hall–Kier alpha value is -5.81. The summed E-state index contributed by atoms with van der Waals surface area (Å²) in [5, 5.41) is 9.49. The quantitative estimate of drug-likeness (QED) is 0.0775. The van der Waals surface area contributed by atoms with Crippen LogP contribution in [0.25, 0.3) is 11.1 Å². The highest BCUT2D eigenvalue weighted by Gasteiger charge is 2.30. The number of nitriles is 1. The molecule has 340 valence electrons. The summed E-state index contributed by atoms with van der Waals surface area (Å²) in [5.41, 5.74) is 7.45. The lowest BCUT2D eigenvalue weighted by atomic mass is 9.92. The summed E-state index contributed by atoms with van der Waals surface area (Å²) in [4.78, 5) is 35.6. The maximum atomic E-state index is 13.4. The maximum absolute atomic E-state index is 13.4. The number of nitrogens with zero attached hydrogens (tertiary/aromatic N) is 4. The Balaban J connectivity index is 1.28. The molecule has 0 aliphatic rings. The zero-order chi connectivity index (χ0) is 46.8. The number of halogens is 1. The molecule has 0 radical (unpaired) electrons. The van der Waals surface area contributed by atoms with Crippen LogP contribution in [0.15, 0.2) is 79.1 Å². The van der Waals surface area contributed by atoms with Crippen LogP contribution in [0.5, 0.6) is 23.3 Å². The fourth-order valence-electron chi connectivity index (χ4n) is 6.37. The van der Waals surface area contributed by atoms with Crippen LogP contribution in [0.2, 0.25) is 5.02 Å². The lowest BCUT2D eigenvalue weighted by molar-refractivity contribution is 0.0210. The van der Waals surface area contributed by atoms with E-state index in [-0.39, 0.29) is 41.7 Å². The van der Waals surface area contributed by atoms with Crippen LogP contribution in [0.1, 0.15) is 90.8 Å². The number of ether oxygens (including phenoxy) is 5. The Kier molecular flexibility index (Phi) is 16.3. The molecule has 5 aromatic rings. The second-order valence-electron chi connectivity index (χ2n) is 17.6. The smallest absolute Gasteiger partial charge is 0.410 e. The summed E-state index contributed by atoms with van der Waals surface area (Å²) in [6.07, 6.45) is 7.56. The Labute approximate surface area is 384 Å². The zero-order valence-electron chi connectivity index (χ0n) is 38.7. The molecule has 0 aliphatic heterocycles. The standard InChI is InChI=1S/C50H59ClN4O8S/c1-33-38(31-60-45-24-44(40(29-56)23-43(45)51)59-30-36-22-35(25-52)26-53-27-36)14-12-16-41(33)42-17-13-15-39(34(42)2)32-61-46-19-18-37(47(54-46)58-9)28-55(48(57)63-49(3,4)5)20-21-62-64(10,11)50(6,7)8/h12-19,22-24,26-27,29H,20-21,28,30-32H2,1-11H3. The Morgan fingerprint density at radius 2 is 1.48 bits per heavy atom. The third-order valence-corrected chi connectivity index (χ3v) is 14.8. The van der Waals surface area contributed by atoms with Crippen LogP contribution in [-0.4, -0.2) is 70.4 Å². The SMILES string of the molecule is COc1nc(OCc2cccc(-c3cccc(COc4cc(OCc5cncc(C#N)c5)c(C=O)cc4Cl)c3C)c2C)ccc1CN(CCOS(C)(C)C(C)(C)C)C(=O)OC(C)(C)C. The molecule has 0 bridgehead atoms. The van der Waals surface area contributed by atoms with Crippen LogP contribution in [0.4, 0.5) is 4.79 Å². The predicted molar refractivity (Wildman–Crippen MR) is 253 cm³/mol. The molecule has 0 fully saturated rings. The zero-order valence-corrected chi connectivity index (χ0v) is 40.2. The Morgan fingerprint density at radius 3 is 2.08 bits per heavy atom. The molecule has 0 N–H and O–H groups in total. The maximum Gasteiger partial charge on any atom is 0.410 e. The summed E-state index contributed by atoms with van der Waals surface area (Å²) in [5.74, 6) is 1.37. The first-order valence-electron chi connectivity index (χ1n) is 20.8. The molecule has 64 heavy (non-hydrogen) atoms. The molecule has 14 heteroatoms. The first-order chi connectivity index (χ1) is 30.2. The van der Waals surface area contributed by atoms with E-state index in [9.17, 15) is 14.9 Å². The number of methoxy groups -OCH3 is 1. The van der Waals surface area contributed by atoms with E-state index in [0.29, 0.717) is 59.4 Å². The van der Waals surface area contributed by atoms with Crippen LogP contribution < -0.4 is 18.9 Å². The molecule has 0 saturated carbocycles. The number of hydrogen-bond acceptors (Lipinski definition) is 11. The van der Waals surface area contributed by atoms with Crippen molar-refractivity contribution in [1.29, 1.82) is 5.26 Å². The number of carbonyl (C=O) groups excluding carboxylic acids is 2. The third kappa shape index (κ3) is 12.9. The molecule has 2 heterocycles. The number of aromatic nitrogens is 2. The number of carbonyl (C=O) groups is 2. The van der Waals surface area contributed by atoms with Gasteiger partial charge in [0.15, 0.2) is 6.29 Å². The van der Waals surface area contributed by atoms with Gasteiger partial charge in [0.2, 0.25) is 11.8 Å². The lowest BCUT2D eigenvalue weighted by Crippen LogP contribution is -2.39. The van der Waals surface area contributed by atoms with Gasteiger partial charge in [-0.25, -0.2) is 4.79 Å². The van der Waals surface area contributed by atoms with E-state index in [1.54, 1.807) is 36.4 Å². The highest BCUT2D eigenvalue weighted by atomic mass is 35.5. The third-order valence-electron chi connectivity index (χ3n) is 10.8. The molecule has 0 aliphatic carbocycles. The van der Waals surface area contributed by atoms with E-state index in [1.165, 1.54) is 12.3 Å². The molecule has 0 unspecified atom stereocenters. The van der Waals surface area contributed by atoms with Gasteiger partial charge in [-0.3, -0.25) is 9.78 Å². The number of benzene rings is 3. The molecule has 5 rings (SSSR count). The second-order valence-corrected chi connectivity index (χ2v) is 21.9. The van der Waals surface area contributed by atoms with E-state index < -0.39 is 22.0 Å². The van der Waals surface area contributed by atoms with Crippen molar-refractivity contribution in [3.63, 3.8) is 0 Å². The number of amides is 1. The van der Waals surface area contributed by atoms with Crippen LogP contribution >= 0.6 is 21.9 Å². The van der Waals surface area contributed by atoms with Crippen molar-refractivity contribution in [2.24, 2.45) is 0 Å². The van der Waals surface area contributed by atoms with Crippen molar-refractivity contribution in [3.8, 4) is 40.5 Å². The lowest BCUT2D eigenvalue weighted by Gasteiger charge is -2.44. The number of aldehydes is 1. The molecule has 0 spiro atoms. The van der Waals surface area contributed by atoms with E-state index in [4.69, 9.17) is 39.5 Å². The number of pyridine rings is 2.